The quantitative estimate of drug-likeness (QED) is 0.801. The van der Waals surface area contributed by atoms with Gasteiger partial charge in [-0.25, -0.2) is 4.79 Å². The third kappa shape index (κ3) is 4.56. The SMILES string of the molecule is COC(=O)c1ccccc1N(C)C(=O)CSC(C)(C)C. The van der Waals surface area contributed by atoms with Gasteiger partial charge in [0.2, 0.25) is 5.91 Å². The molecule has 4 nitrogen and oxygen atoms in total. The third-order valence-electron chi connectivity index (χ3n) is 2.67. The van der Waals surface area contributed by atoms with Gasteiger partial charge >= 0.3 is 5.97 Å². The molecule has 0 saturated heterocycles. The monoisotopic (exact) mass is 295 g/mol. The molecule has 20 heavy (non-hydrogen) atoms. The molecule has 0 radical (unpaired) electrons. The lowest BCUT2D eigenvalue weighted by Crippen LogP contribution is -2.30. The number of anilines is 1. The molecule has 0 bridgehead atoms. The van der Waals surface area contributed by atoms with E-state index in [1.165, 1.54) is 12.0 Å². The van der Waals surface area contributed by atoms with Gasteiger partial charge in [0.25, 0.3) is 0 Å². The van der Waals surface area contributed by atoms with Crippen LogP contribution in [0, 0.1) is 0 Å². The van der Waals surface area contributed by atoms with Gasteiger partial charge < -0.3 is 9.64 Å². The van der Waals surface area contributed by atoms with Crippen LogP contribution in [0.15, 0.2) is 24.3 Å². The first-order chi connectivity index (χ1) is 9.26. The highest BCUT2D eigenvalue weighted by Gasteiger charge is 2.20. The van der Waals surface area contributed by atoms with E-state index < -0.39 is 5.97 Å². The Kier molecular flexibility index (Phi) is 5.62. The molecule has 0 heterocycles. The summed E-state index contributed by atoms with van der Waals surface area (Å²) in [4.78, 5) is 25.4. The molecular weight excluding hydrogens is 274 g/mol. The summed E-state index contributed by atoms with van der Waals surface area (Å²) in [6.45, 7) is 6.19. The van der Waals surface area contributed by atoms with Crippen LogP contribution < -0.4 is 4.90 Å². The summed E-state index contributed by atoms with van der Waals surface area (Å²) in [5.74, 6) is -0.111. The van der Waals surface area contributed by atoms with Crippen molar-refractivity contribution in [3.63, 3.8) is 0 Å². The van der Waals surface area contributed by atoms with Crippen LogP contribution in [0.5, 0.6) is 0 Å². The van der Waals surface area contributed by atoms with Crippen LogP contribution in [0.1, 0.15) is 31.1 Å². The van der Waals surface area contributed by atoms with E-state index in [0.717, 1.165) is 0 Å². The maximum absolute atomic E-state index is 12.2. The van der Waals surface area contributed by atoms with Crippen LogP contribution in [0.25, 0.3) is 0 Å². The van der Waals surface area contributed by atoms with Crippen molar-refractivity contribution < 1.29 is 14.3 Å². The number of ether oxygens (including phenoxy) is 1. The molecule has 1 aromatic carbocycles. The van der Waals surface area contributed by atoms with Gasteiger partial charge in [0.05, 0.1) is 24.1 Å². The highest BCUT2D eigenvalue weighted by Crippen LogP contribution is 2.25. The van der Waals surface area contributed by atoms with E-state index in [2.05, 4.69) is 20.8 Å². The zero-order chi connectivity index (χ0) is 15.3. The standard InChI is InChI=1S/C15H21NO3S/c1-15(2,3)20-10-13(17)16(4)12-9-7-6-8-11(12)14(18)19-5/h6-9H,10H2,1-5H3. The number of amides is 1. The number of nitrogens with zero attached hydrogens (tertiary/aromatic N) is 1. The van der Waals surface area contributed by atoms with E-state index in [-0.39, 0.29) is 10.7 Å². The summed E-state index contributed by atoms with van der Waals surface area (Å²) in [7, 11) is 3.00. The number of hydrogen-bond donors (Lipinski definition) is 0. The number of carbonyl (C=O) groups excluding carboxylic acids is 2. The number of rotatable bonds is 4. The van der Waals surface area contributed by atoms with Crippen molar-refractivity contribution in [2.24, 2.45) is 0 Å². The van der Waals surface area contributed by atoms with E-state index in [9.17, 15) is 9.59 Å². The molecule has 1 aromatic rings. The number of carbonyl (C=O) groups is 2. The molecule has 1 rings (SSSR count). The van der Waals surface area contributed by atoms with Crippen LogP contribution >= 0.6 is 11.8 Å². The Morgan fingerprint density at radius 3 is 2.40 bits per heavy atom. The predicted octanol–water partition coefficient (Wildman–Crippen LogP) is 2.97. The minimum atomic E-state index is -0.441. The minimum Gasteiger partial charge on any atom is -0.465 e. The Labute approximate surface area is 124 Å². The molecule has 0 spiro atoms. The first-order valence-electron chi connectivity index (χ1n) is 6.34. The van der Waals surface area contributed by atoms with E-state index in [1.54, 1.807) is 43.1 Å². The van der Waals surface area contributed by atoms with Gasteiger partial charge in [0.1, 0.15) is 0 Å². The fraction of sp³-hybridized carbons (Fsp3) is 0.467. The molecule has 0 N–H and O–H groups in total. The van der Waals surface area contributed by atoms with Crippen molar-refractivity contribution in [2.75, 3.05) is 24.8 Å². The molecule has 0 unspecified atom stereocenters. The van der Waals surface area contributed by atoms with Gasteiger partial charge in [-0.1, -0.05) is 32.9 Å². The van der Waals surface area contributed by atoms with Gasteiger partial charge in [0, 0.05) is 11.8 Å². The Morgan fingerprint density at radius 1 is 1.25 bits per heavy atom. The molecule has 0 aliphatic heterocycles. The highest BCUT2D eigenvalue weighted by atomic mass is 32.2. The first kappa shape index (κ1) is 16.6. The second kappa shape index (κ2) is 6.79. The number of esters is 1. The van der Waals surface area contributed by atoms with Crippen LogP contribution in [-0.2, 0) is 9.53 Å². The Hall–Kier alpha value is -1.49. The maximum Gasteiger partial charge on any atom is 0.339 e. The number of benzene rings is 1. The number of para-hydroxylation sites is 1. The molecule has 0 saturated carbocycles. The molecule has 0 atom stereocenters. The van der Waals surface area contributed by atoms with Crippen LogP contribution in [0.2, 0.25) is 0 Å². The average Bonchev–Trinajstić information content (AvgIpc) is 2.42. The maximum atomic E-state index is 12.2. The summed E-state index contributed by atoms with van der Waals surface area (Å²) in [5, 5.41) is 0. The van der Waals surface area contributed by atoms with E-state index in [0.29, 0.717) is 17.0 Å². The van der Waals surface area contributed by atoms with Gasteiger partial charge in [-0.15, -0.1) is 11.8 Å². The Balaban J connectivity index is 2.89. The number of hydrogen-bond acceptors (Lipinski definition) is 4. The molecule has 0 aromatic heterocycles. The normalized spacial score (nSPS) is 11.1. The molecule has 0 fully saturated rings. The summed E-state index contributed by atoms with van der Waals surface area (Å²) in [5.41, 5.74) is 0.963. The number of thioether (sulfide) groups is 1. The fourth-order valence-corrected chi connectivity index (χ4v) is 2.31. The fourth-order valence-electron chi connectivity index (χ4n) is 1.56. The molecule has 1 amide bonds. The van der Waals surface area contributed by atoms with Gasteiger partial charge in [0.15, 0.2) is 0 Å². The topological polar surface area (TPSA) is 46.6 Å². The number of methoxy groups -OCH3 is 1. The molecule has 110 valence electrons. The van der Waals surface area contributed by atoms with Crippen LogP contribution in [-0.4, -0.2) is 36.5 Å². The van der Waals surface area contributed by atoms with Gasteiger partial charge in [-0.2, -0.15) is 0 Å². The Morgan fingerprint density at radius 2 is 1.85 bits per heavy atom. The van der Waals surface area contributed by atoms with E-state index in [1.807, 2.05) is 0 Å². The third-order valence-corrected chi connectivity index (χ3v) is 3.93. The van der Waals surface area contributed by atoms with Gasteiger partial charge in [-0.05, 0) is 12.1 Å². The van der Waals surface area contributed by atoms with Crippen LogP contribution in [0.4, 0.5) is 5.69 Å². The molecular formula is C15H21NO3S. The predicted molar refractivity (Wildman–Crippen MR) is 83.4 cm³/mol. The summed E-state index contributed by atoms with van der Waals surface area (Å²) >= 11 is 1.58. The Bertz CT molecular complexity index is 494. The average molecular weight is 295 g/mol. The second-order valence-corrected chi connectivity index (χ2v) is 7.16. The zero-order valence-electron chi connectivity index (χ0n) is 12.6. The molecule has 0 aliphatic rings. The van der Waals surface area contributed by atoms with Crippen molar-refractivity contribution in [2.45, 2.75) is 25.5 Å². The lowest BCUT2D eigenvalue weighted by molar-refractivity contribution is -0.115. The van der Waals surface area contributed by atoms with Crippen molar-refractivity contribution in [1.29, 1.82) is 0 Å². The minimum absolute atomic E-state index is 0.0262. The largest absolute Gasteiger partial charge is 0.465 e. The van der Waals surface area contributed by atoms with Crippen molar-refractivity contribution in [3.05, 3.63) is 29.8 Å². The highest BCUT2D eigenvalue weighted by molar-refractivity contribution is 8.01. The first-order valence-corrected chi connectivity index (χ1v) is 7.32. The smallest absolute Gasteiger partial charge is 0.339 e. The van der Waals surface area contributed by atoms with E-state index >= 15 is 0 Å². The van der Waals surface area contributed by atoms with Crippen molar-refractivity contribution in [1.82, 2.24) is 0 Å². The van der Waals surface area contributed by atoms with E-state index in [4.69, 9.17) is 4.74 Å². The summed E-state index contributed by atoms with van der Waals surface area (Å²) in [6.07, 6.45) is 0. The molecule has 5 heteroatoms. The lowest BCUT2D eigenvalue weighted by atomic mass is 10.1. The zero-order valence-corrected chi connectivity index (χ0v) is 13.4. The summed E-state index contributed by atoms with van der Waals surface area (Å²) < 4.78 is 4.77. The van der Waals surface area contributed by atoms with Crippen molar-refractivity contribution in [3.8, 4) is 0 Å². The van der Waals surface area contributed by atoms with Crippen molar-refractivity contribution >= 4 is 29.3 Å². The summed E-state index contributed by atoms with van der Waals surface area (Å²) in [6, 6.07) is 6.94. The second-order valence-electron chi connectivity index (χ2n) is 5.36. The van der Waals surface area contributed by atoms with Gasteiger partial charge in [-0.3, -0.25) is 4.79 Å². The van der Waals surface area contributed by atoms with Crippen LogP contribution in [0.3, 0.4) is 0 Å². The lowest BCUT2D eigenvalue weighted by Gasteiger charge is -2.22. The molecule has 0 aliphatic carbocycles.